The summed E-state index contributed by atoms with van der Waals surface area (Å²) in [5.41, 5.74) is 1.83. The highest BCUT2D eigenvalue weighted by Gasteiger charge is 2.35. The van der Waals surface area contributed by atoms with Gasteiger partial charge in [-0.05, 0) is 52.2 Å². The molecule has 2 atom stereocenters. The van der Waals surface area contributed by atoms with Crippen LogP contribution in [-0.4, -0.2) is 56.5 Å². The van der Waals surface area contributed by atoms with E-state index in [9.17, 15) is 18.0 Å². The van der Waals surface area contributed by atoms with Crippen LogP contribution in [0.4, 0.5) is 19.0 Å². The lowest BCUT2D eigenvalue weighted by atomic mass is 9.87. The Morgan fingerprint density at radius 3 is 2.55 bits per heavy atom. The van der Waals surface area contributed by atoms with E-state index in [0.717, 1.165) is 24.2 Å². The molecule has 4 heterocycles. The van der Waals surface area contributed by atoms with Gasteiger partial charge in [0.2, 0.25) is 11.8 Å². The number of aromatic nitrogens is 4. The molecule has 0 unspecified atom stereocenters. The van der Waals surface area contributed by atoms with E-state index in [4.69, 9.17) is 9.72 Å². The Balaban J connectivity index is 1.52. The molecule has 0 fully saturated rings. The van der Waals surface area contributed by atoms with Gasteiger partial charge in [-0.2, -0.15) is 0 Å². The average Bonchev–Trinajstić information content (AvgIpc) is 2.91. The first-order valence-corrected chi connectivity index (χ1v) is 12.4. The van der Waals surface area contributed by atoms with E-state index >= 15 is 0 Å². The Labute approximate surface area is 219 Å². The smallest absolute Gasteiger partial charge is 0.266 e. The maximum absolute atomic E-state index is 14.5. The summed E-state index contributed by atoms with van der Waals surface area (Å²) >= 11 is 0. The lowest BCUT2D eigenvalue weighted by Crippen LogP contribution is -2.51. The summed E-state index contributed by atoms with van der Waals surface area (Å²) in [5, 5.41) is 3.50. The maximum atomic E-state index is 14.5. The van der Waals surface area contributed by atoms with Crippen LogP contribution in [0.3, 0.4) is 0 Å². The number of methoxy groups -OCH3 is 1. The Morgan fingerprint density at radius 2 is 1.92 bits per heavy atom. The van der Waals surface area contributed by atoms with Gasteiger partial charge in [0.1, 0.15) is 11.6 Å². The zero-order valence-electron chi connectivity index (χ0n) is 22.1. The van der Waals surface area contributed by atoms with E-state index in [0.29, 0.717) is 48.8 Å². The molecule has 0 spiro atoms. The first kappa shape index (κ1) is 27.3. The van der Waals surface area contributed by atoms with Crippen molar-refractivity contribution >= 4 is 11.7 Å². The van der Waals surface area contributed by atoms with Crippen LogP contribution in [0.1, 0.15) is 61.9 Å². The number of hydrogen-bond acceptors (Lipinski definition) is 7. The molecule has 0 saturated carbocycles. The molecule has 202 valence electrons. The summed E-state index contributed by atoms with van der Waals surface area (Å²) in [7, 11) is 1.44. The minimum absolute atomic E-state index is 0.197. The monoisotopic (exact) mass is 528 g/mol. The summed E-state index contributed by atoms with van der Waals surface area (Å²) in [6.45, 7) is 8.27. The minimum atomic E-state index is -2.63. The zero-order chi connectivity index (χ0) is 27.6. The third kappa shape index (κ3) is 5.56. The number of carbonyl (C=O) groups is 1. The number of halogens is 3. The van der Waals surface area contributed by atoms with Crippen molar-refractivity contribution < 1.29 is 22.7 Å². The van der Waals surface area contributed by atoms with Crippen molar-refractivity contribution in [2.24, 2.45) is 0 Å². The molecular weight excluding hydrogens is 497 g/mol. The largest absolute Gasteiger partial charge is 0.481 e. The third-order valence-corrected chi connectivity index (χ3v) is 6.96. The highest BCUT2D eigenvalue weighted by molar-refractivity contribution is 5.83. The fourth-order valence-corrected chi connectivity index (χ4v) is 4.69. The van der Waals surface area contributed by atoms with Gasteiger partial charge in [0.05, 0.1) is 36.0 Å². The Kier molecular flexibility index (Phi) is 7.84. The summed E-state index contributed by atoms with van der Waals surface area (Å²) in [5.74, 6) is -0.180. The molecule has 3 aromatic rings. The van der Waals surface area contributed by atoms with E-state index in [1.165, 1.54) is 13.2 Å². The number of amides is 1. The Morgan fingerprint density at radius 1 is 1.21 bits per heavy atom. The fraction of sp³-hybridized carbons (Fsp3) is 0.444. The first-order valence-electron chi connectivity index (χ1n) is 12.4. The number of likely N-dealkylation sites (N-methyl/N-ethyl adjacent to an activating group) is 1. The lowest BCUT2D eigenvalue weighted by molar-refractivity contribution is -0.133. The molecule has 1 aliphatic heterocycles. The van der Waals surface area contributed by atoms with Crippen molar-refractivity contribution in [1.82, 2.24) is 24.8 Å². The number of ether oxygens (including phenoxy) is 1. The van der Waals surface area contributed by atoms with Crippen molar-refractivity contribution in [3.63, 3.8) is 0 Å². The molecule has 11 heteroatoms. The Hall–Kier alpha value is -3.76. The van der Waals surface area contributed by atoms with Crippen molar-refractivity contribution in [2.75, 3.05) is 25.5 Å². The van der Waals surface area contributed by atoms with Crippen LogP contribution in [0.5, 0.6) is 5.88 Å². The van der Waals surface area contributed by atoms with Gasteiger partial charge in [-0.1, -0.05) is 0 Å². The van der Waals surface area contributed by atoms with E-state index in [-0.39, 0.29) is 22.9 Å². The highest BCUT2D eigenvalue weighted by atomic mass is 19.3. The van der Waals surface area contributed by atoms with Gasteiger partial charge in [0, 0.05) is 42.7 Å². The zero-order valence-corrected chi connectivity index (χ0v) is 22.1. The van der Waals surface area contributed by atoms with Gasteiger partial charge in [0.15, 0.2) is 5.82 Å². The number of hydrogen-bond donors (Lipinski definition) is 1. The van der Waals surface area contributed by atoms with Crippen molar-refractivity contribution in [2.45, 2.75) is 58.4 Å². The quantitative estimate of drug-likeness (QED) is 0.435. The van der Waals surface area contributed by atoms with Gasteiger partial charge in [-0.15, -0.1) is 0 Å². The summed E-state index contributed by atoms with van der Waals surface area (Å²) < 4.78 is 45.3. The second-order valence-electron chi connectivity index (χ2n) is 9.78. The molecule has 0 aromatic carbocycles. The normalized spacial score (nSPS) is 17.5. The van der Waals surface area contributed by atoms with E-state index in [2.05, 4.69) is 20.3 Å². The van der Waals surface area contributed by atoms with Crippen molar-refractivity contribution in [3.8, 4) is 17.3 Å². The maximum Gasteiger partial charge on any atom is 0.266 e. The molecule has 0 bridgehead atoms. The van der Waals surface area contributed by atoms with Gasteiger partial charge in [-0.25, -0.2) is 33.1 Å². The number of fused-ring (bicyclic) bond motifs is 1. The standard InChI is InChI=1S/C27H31F3N6O2/c1-6-36(26(37)15(2)19-10-22(38-5)31-13-21(19)28)14-27(4)8-7-17-9-20(16(3)34-24(17)35-27)25-32-11-18(12-33-25)23(29)30/h9-13,15,23H,6-8,14H2,1-5H3,(H,34,35)/t15-,27-/m1/s1. The van der Waals surface area contributed by atoms with Gasteiger partial charge >= 0.3 is 0 Å². The van der Waals surface area contributed by atoms with E-state index in [1.54, 1.807) is 11.8 Å². The van der Waals surface area contributed by atoms with Gasteiger partial charge in [0.25, 0.3) is 6.43 Å². The number of aryl methyl sites for hydroxylation is 2. The predicted octanol–water partition coefficient (Wildman–Crippen LogP) is 5.10. The minimum Gasteiger partial charge on any atom is -0.481 e. The Bertz CT molecular complexity index is 1320. The topological polar surface area (TPSA) is 93.1 Å². The molecule has 0 radical (unpaired) electrons. The number of nitrogens with one attached hydrogen (secondary N) is 1. The predicted molar refractivity (Wildman–Crippen MR) is 137 cm³/mol. The second-order valence-corrected chi connectivity index (χ2v) is 9.78. The van der Waals surface area contributed by atoms with Crippen LogP contribution in [-0.2, 0) is 11.2 Å². The molecular formula is C27H31F3N6O2. The molecule has 3 aromatic heterocycles. The molecule has 1 amide bonds. The number of alkyl halides is 2. The second kappa shape index (κ2) is 10.9. The lowest BCUT2D eigenvalue weighted by Gasteiger charge is -2.40. The van der Waals surface area contributed by atoms with Crippen LogP contribution in [0.2, 0.25) is 0 Å². The van der Waals surface area contributed by atoms with E-state index in [1.807, 2.05) is 26.8 Å². The first-order chi connectivity index (χ1) is 18.0. The van der Waals surface area contributed by atoms with Crippen molar-refractivity contribution in [3.05, 3.63) is 58.9 Å². The van der Waals surface area contributed by atoms with Crippen LogP contribution in [0, 0.1) is 12.7 Å². The molecule has 1 aliphatic rings. The molecule has 0 aliphatic carbocycles. The van der Waals surface area contributed by atoms with Gasteiger partial charge in [-0.3, -0.25) is 4.79 Å². The molecule has 0 saturated heterocycles. The summed E-state index contributed by atoms with van der Waals surface area (Å²) in [6, 6.07) is 3.39. The number of pyridine rings is 2. The SMILES string of the molecule is CCN(C[C@@]1(C)CCc2cc(-c3ncc(C(F)F)cn3)c(C)nc2N1)C(=O)[C@H](C)c1cc(OC)ncc1F. The molecule has 38 heavy (non-hydrogen) atoms. The van der Waals surface area contributed by atoms with Crippen LogP contribution < -0.4 is 10.1 Å². The molecule has 4 rings (SSSR count). The third-order valence-electron chi connectivity index (χ3n) is 6.96. The van der Waals surface area contributed by atoms with Gasteiger partial charge < -0.3 is 15.0 Å². The molecule has 1 N–H and O–H groups in total. The highest BCUT2D eigenvalue weighted by Crippen LogP contribution is 2.34. The number of rotatable bonds is 8. The van der Waals surface area contributed by atoms with E-state index < -0.39 is 23.7 Å². The van der Waals surface area contributed by atoms with Crippen molar-refractivity contribution in [1.29, 1.82) is 0 Å². The number of carbonyl (C=O) groups excluding carboxylic acids is 1. The number of anilines is 1. The summed E-state index contributed by atoms with van der Waals surface area (Å²) in [4.78, 5) is 31.9. The van der Waals surface area contributed by atoms with Crippen LogP contribution in [0.25, 0.3) is 11.4 Å². The fourth-order valence-electron chi connectivity index (χ4n) is 4.69. The van der Waals surface area contributed by atoms with Crippen LogP contribution >= 0.6 is 0 Å². The van der Waals surface area contributed by atoms with Crippen LogP contribution in [0.15, 0.2) is 30.7 Å². The number of nitrogens with zero attached hydrogens (tertiary/aromatic N) is 5. The average molecular weight is 529 g/mol. The summed E-state index contributed by atoms with van der Waals surface area (Å²) in [6.07, 6.45) is 2.10. The molecule has 8 nitrogen and oxygen atoms in total.